The van der Waals surface area contributed by atoms with Crippen molar-refractivity contribution in [1.82, 2.24) is 50.2 Å². The van der Waals surface area contributed by atoms with Crippen LogP contribution in [0, 0.1) is 0 Å². The van der Waals surface area contributed by atoms with Crippen molar-refractivity contribution in [3.8, 4) is 39.6 Å². The summed E-state index contributed by atoms with van der Waals surface area (Å²) < 4.78 is 25.2. The molecule has 0 aliphatic carbocycles. The molecule has 1 aromatic heterocycles. The second-order valence-corrected chi connectivity index (χ2v) is 20.8. The predicted octanol–water partition coefficient (Wildman–Crippen LogP) is 3.84. The first-order valence-corrected chi connectivity index (χ1v) is 27.1. The zero-order valence-electron chi connectivity index (χ0n) is 45.1. The number of morpholine rings is 1. The van der Waals surface area contributed by atoms with Crippen LogP contribution in [0.2, 0.25) is 10.0 Å². The second kappa shape index (κ2) is 28.5. The number of ether oxygens (including phenoxy) is 4. The molecular weight excluding hydrogens is 1070 g/mol. The van der Waals surface area contributed by atoms with E-state index < -0.39 is 23.5 Å². The van der Waals surface area contributed by atoms with E-state index in [2.05, 4.69) is 26.2 Å². The van der Waals surface area contributed by atoms with Crippen molar-refractivity contribution >= 4 is 64.6 Å². The fraction of sp³-hybridized carbons (Fsp3) is 0.500. The maximum absolute atomic E-state index is 14.4. The van der Waals surface area contributed by atoms with Crippen molar-refractivity contribution in [1.29, 1.82) is 0 Å². The van der Waals surface area contributed by atoms with Gasteiger partial charge in [-0.05, 0) is 62.4 Å². The van der Waals surface area contributed by atoms with Crippen LogP contribution in [0.3, 0.4) is 0 Å². The van der Waals surface area contributed by atoms with Crippen LogP contribution in [0.5, 0.6) is 11.5 Å². The van der Waals surface area contributed by atoms with E-state index in [-0.39, 0.29) is 88.9 Å². The highest BCUT2D eigenvalue weighted by atomic mass is 35.5. The highest BCUT2D eigenvalue weighted by Crippen LogP contribution is 2.47. The molecule has 3 aliphatic heterocycles. The SMILES string of the molecule is CCN1CCN(CC(=O)O)CCN(CC(=O)O)CCN(CC(=O)NCCOCCC(=O)NCCNC(=O)Nc2cccc(-c3cc4c(cc3OC)OCc3c(C(=O)N5CCOCC5(C)C)nn(-c5cc(Cl)cc(Cl)c5)c3-4)c2)CC1. The van der Waals surface area contributed by atoms with Crippen molar-refractivity contribution in [2.75, 3.05) is 144 Å². The quantitative estimate of drug-likeness (QED) is 0.0648. The van der Waals surface area contributed by atoms with Crippen LogP contribution in [0.1, 0.15) is 43.2 Å². The van der Waals surface area contributed by atoms with Crippen LogP contribution in [0.4, 0.5) is 10.5 Å². The molecule has 4 heterocycles. The minimum atomic E-state index is -0.981. The minimum Gasteiger partial charge on any atom is -0.496 e. The van der Waals surface area contributed by atoms with Gasteiger partial charge in [0.15, 0.2) is 5.69 Å². The standard InChI is InChI=1S/C54H71Cl2N11O12/c1-5-62-13-15-63(17-18-65(33-49(72)73)20-19-64(16-14-62)32-48(70)71)31-47(69)58-12-23-77-22-9-46(68)57-10-11-59-53(75)60-39-8-6-7-36(25-39)41-29-42-45(30-44(41)76-4)79-34-43-50(52(74)66-21-24-78-35-54(66,2)3)61-67(51(42)43)40-27-37(55)26-38(56)28-40/h6-8,25-30H,5,9-24,31-35H2,1-4H3,(H,57,68)(H,58,69)(H,70,71)(H,72,73)(H2,59,60,75). The number of aliphatic carboxylic acids is 2. The van der Waals surface area contributed by atoms with Gasteiger partial charge in [-0.2, -0.15) is 5.10 Å². The Morgan fingerprint density at radius 1 is 0.734 bits per heavy atom. The number of hydrogen-bond donors (Lipinski definition) is 6. The van der Waals surface area contributed by atoms with E-state index in [1.807, 2.05) is 42.7 Å². The first-order chi connectivity index (χ1) is 37.9. The van der Waals surface area contributed by atoms with Crippen LogP contribution in [-0.2, 0) is 35.3 Å². The Morgan fingerprint density at radius 2 is 1.37 bits per heavy atom. The number of rotatable bonds is 21. The van der Waals surface area contributed by atoms with Gasteiger partial charge >= 0.3 is 18.0 Å². The largest absolute Gasteiger partial charge is 0.496 e. The third-order valence-corrected chi connectivity index (χ3v) is 14.2. The number of carbonyl (C=O) groups excluding carboxylic acids is 4. The molecule has 4 aromatic rings. The van der Waals surface area contributed by atoms with Crippen LogP contribution >= 0.6 is 23.2 Å². The Labute approximate surface area is 469 Å². The third kappa shape index (κ3) is 17.0. The van der Waals surface area contributed by atoms with Crippen LogP contribution in [-0.4, -0.2) is 224 Å². The molecule has 23 nitrogen and oxygen atoms in total. The Hall–Kier alpha value is -6.57. The predicted molar refractivity (Wildman–Crippen MR) is 296 cm³/mol. The smallest absolute Gasteiger partial charge is 0.319 e. The number of carbonyl (C=O) groups is 6. The second-order valence-electron chi connectivity index (χ2n) is 19.9. The van der Waals surface area contributed by atoms with Gasteiger partial charge in [-0.25, -0.2) is 9.48 Å². The number of carboxylic acid groups (broad SMARTS) is 2. The molecule has 79 heavy (non-hydrogen) atoms. The van der Waals surface area contributed by atoms with E-state index in [1.165, 1.54) is 0 Å². The number of fused-ring (bicyclic) bond motifs is 3. The molecule has 25 heteroatoms. The maximum atomic E-state index is 14.4. The fourth-order valence-corrected chi connectivity index (χ4v) is 10.1. The number of amides is 5. The molecule has 2 saturated heterocycles. The average Bonchev–Trinajstić information content (AvgIpc) is 4.09. The lowest BCUT2D eigenvalue weighted by molar-refractivity contribution is -0.140. The number of benzene rings is 3. The molecule has 0 radical (unpaired) electrons. The van der Waals surface area contributed by atoms with E-state index >= 15 is 0 Å². The number of likely N-dealkylation sites (N-methyl/N-ethyl adjacent to an activating group) is 1. The van der Waals surface area contributed by atoms with Gasteiger partial charge in [-0.3, -0.25) is 38.7 Å². The highest BCUT2D eigenvalue weighted by Gasteiger charge is 2.39. The summed E-state index contributed by atoms with van der Waals surface area (Å²) in [6, 6.07) is 15.5. The average molecular weight is 1140 g/mol. The van der Waals surface area contributed by atoms with E-state index in [4.69, 9.17) is 47.2 Å². The molecule has 3 aromatic carbocycles. The topological polar surface area (TPSA) is 262 Å². The van der Waals surface area contributed by atoms with Crippen molar-refractivity contribution in [3.05, 3.63) is 75.9 Å². The molecular formula is C54H71Cl2N11O12. The maximum Gasteiger partial charge on any atom is 0.319 e. The third-order valence-electron chi connectivity index (χ3n) is 13.8. The van der Waals surface area contributed by atoms with Gasteiger partial charge in [0.2, 0.25) is 11.8 Å². The number of hydrogen-bond acceptors (Lipinski definition) is 15. The van der Waals surface area contributed by atoms with Gasteiger partial charge in [0, 0.05) is 123 Å². The highest BCUT2D eigenvalue weighted by molar-refractivity contribution is 6.34. The van der Waals surface area contributed by atoms with E-state index in [0.29, 0.717) is 133 Å². The monoisotopic (exact) mass is 1140 g/mol. The van der Waals surface area contributed by atoms with Crippen LogP contribution < -0.4 is 30.7 Å². The van der Waals surface area contributed by atoms with Gasteiger partial charge in [0.25, 0.3) is 5.91 Å². The Balaban J connectivity index is 0.875. The molecule has 0 saturated carbocycles. The summed E-state index contributed by atoms with van der Waals surface area (Å²) >= 11 is 13.0. The molecule has 0 atom stereocenters. The molecule has 2 fully saturated rings. The molecule has 428 valence electrons. The van der Waals surface area contributed by atoms with E-state index in [0.717, 1.165) is 6.54 Å². The first-order valence-electron chi connectivity index (χ1n) is 26.3. The van der Waals surface area contributed by atoms with Gasteiger partial charge in [-0.1, -0.05) is 42.3 Å². The summed E-state index contributed by atoms with van der Waals surface area (Å²) in [4.78, 5) is 85.6. The van der Waals surface area contributed by atoms with Gasteiger partial charge < -0.3 is 60.2 Å². The zero-order valence-corrected chi connectivity index (χ0v) is 46.6. The molecule has 7 rings (SSSR count). The normalized spacial score (nSPS) is 16.5. The fourth-order valence-electron chi connectivity index (χ4n) is 9.60. The number of nitrogens with one attached hydrogen (secondary N) is 4. The lowest BCUT2D eigenvalue weighted by atomic mass is 9.95. The summed E-state index contributed by atoms with van der Waals surface area (Å²) in [6.07, 6.45) is 0.0680. The molecule has 3 aliphatic rings. The lowest BCUT2D eigenvalue weighted by Gasteiger charge is -2.41. The number of aromatic nitrogens is 2. The molecule has 5 amide bonds. The Morgan fingerprint density at radius 3 is 2.00 bits per heavy atom. The van der Waals surface area contributed by atoms with Gasteiger partial charge in [0.05, 0.1) is 70.1 Å². The number of carboxylic acids is 2. The minimum absolute atomic E-state index is 0.0604. The number of anilines is 1. The zero-order chi connectivity index (χ0) is 56.6. The number of halogens is 2. The van der Waals surface area contributed by atoms with Crippen molar-refractivity contribution in [2.24, 2.45) is 0 Å². The Bertz CT molecular complexity index is 2800. The van der Waals surface area contributed by atoms with Crippen LogP contribution in [0.25, 0.3) is 28.1 Å². The Kier molecular flexibility index (Phi) is 21.7. The van der Waals surface area contributed by atoms with Gasteiger partial charge in [-0.15, -0.1) is 0 Å². The molecule has 0 spiro atoms. The summed E-state index contributed by atoms with van der Waals surface area (Å²) in [5, 5.41) is 35.8. The van der Waals surface area contributed by atoms with E-state index in [1.54, 1.807) is 64.1 Å². The molecule has 0 unspecified atom stereocenters. The van der Waals surface area contributed by atoms with Crippen LogP contribution in [0.15, 0.2) is 54.6 Å². The van der Waals surface area contributed by atoms with Gasteiger partial charge in [0.1, 0.15) is 18.1 Å². The summed E-state index contributed by atoms with van der Waals surface area (Å²) in [5.41, 5.74) is 3.91. The number of urea groups is 1. The molecule has 0 bridgehead atoms. The van der Waals surface area contributed by atoms with Crippen molar-refractivity contribution in [3.63, 3.8) is 0 Å². The summed E-state index contributed by atoms with van der Waals surface area (Å²) in [6.45, 7) is 12.5. The number of nitrogens with zero attached hydrogens (tertiary/aromatic N) is 7. The number of methoxy groups -OCH3 is 1. The summed E-state index contributed by atoms with van der Waals surface area (Å²) in [5.74, 6) is -1.66. The summed E-state index contributed by atoms with van der Waals surface area (Å²) in [7, 11) is 1.55. The van der Waals surface area contributed by atoms with Crippen molar-refractivity contribution < 1.29 is 57.9 Å². The first kappa shape index (κ1) is 60.1. The molecule has 6 N–H and O–H groups in total. The lowest BCUT2D eigenvalue weighted by Crippen LogP contribution is -2.55. The van der Waals surface area contributed by atoms with Crippen molar-refractivity contribution in [2.45, 2.75) is 39.3 Å². The van der Waals surface area contributed by atoms with E-state index in [9.17, 15) is 39.0 Å².